The number of hydrazone groups is 1. The normalized spacial score (nSPS) is 19.7. The third-order valence-corrected chi connectivity index (χ3v) is 6.28. The molecule has 1 aromatic carbocycles. The molecule has 0 atom stereocenters. The lowest BCUT2D eigenvalue weighted by Crippen LogP contribution is -2.38. The zero-order chi connectivity index (χ0) is 22.3. The summed E-state index contributed by atoms with van der Waals surface area (Å²) in [7, 11) is 0. The van der Waals surface area contributed by atoms with Gasteiger partial charge in [0.05, 0.1) is 32.6 Å². The van der Waals surface area contributed by atoms with E-state index >= 15 is 0 Å². The molecule has 1 N–H and O–H groups in total. The van der Waals surface area contributed by atoms with Crippen molar-refractivity contribution in [1.29, 1.82) is 0 Å². The molecule has 0 unspecified atom stereocenters. The van der Waals surface area contributed by atoms with Gasteiger partial charge in [-0.15, -0.1) is 0 Å². The van der Waals surface area contributed by atoms with E-state index in [2.05, 4.69) is 49.6 Å². The van der Waals surface area contributed by atoms with Crippen LogP contribution in [-0.2, 0) is 9.47 Å². The number of hydrogen-bond acceptors (Lipinski definition) is 8. The maximum Gasteiger partial charge on any atom is 0.217 e. The van der Waals surface area contributed by atoms with Gasteiger partial charge in [-0.1, -0.05) is 18.2 Å². The summed E-state index contributed by atoms with van der Waals surface area (Å²) in [5.74, 6) is 2.02. The fourth-order valence-electron chi connectivity index (χ4n) is 4.21. The van der Waals surface area contributed by atoms with Gasteiger partial charge in [-0.3, -0.25) is 10.3 Å². The average Bonchev–Trinajstić information content (AvgIpc) is 3.71. The molecular formula is C25H33N5O3. The third kappa shape index (κ3) is 6.43. The van der Waals surface area contributed by atoms with Crippen molar-refractivity contribution in [1.82, 2.24) is 9.88 Å². The number of nitrogens with one attached hydrogen (secondary N) is 1. The summed E-state index contributed by atoms with van der Waals surface area (Å²) in [6.45, 7) is 8.12. The Balaban J connectivity index is 1.25. The smallest absolute Gasteiger partial charge is 0.217 e. The molecule has 3 fully saturated rings. The van der Waals surface area contributed by atoms with Crippen LogP contribution in [0.1, 0.15) is 29.9 Å². The van der Waals surface area contributed by atoms with Crippen molar-refractivity contribution in [2.45, 2.75) is 18.8 Å². The quantitative estimate of drug-likeness (QED) is 0.464. The molecule has 8 nitrogen and oxygen atoms in total. The number of nitrogens with zero attached hydrogens (tertiary/aromatic N) is 4. The molecule has 1 aromatic heterocycles. The van der Waals surface area contributed by atoms with Gasteiger partial charge < -0.3 is 19.1 Å². The molecule has 0 amide bonds. The Bertz CT molecular complexity index is 937. The summed E-state index contributed by atoms with van der Waals surface area (Å²) < 4.78 is 17.0. The van der Waals surface area contributed by atoms with E-state index in [4.69, 9.17) is 14.2 Å². The monoisotopic (exact) mass is 451 g/mol. The lowest BCUT2D eigenvalue weighted by molar-refractivity contribution is 0.0320. The SMILES string of the molecule is C(=N\Nc1cc(N2CCOCC2)cc(OCCN2CCOCC2)n1)/c1cccc(C2CC2)c1. The summed E-state index contributed by atoms with van der Waals surface area (Å²) in [6, 6.07) is 12.6. The first-order valence-corrected chi connectivity index (χ1v) is 12.0. The fourth-order valence-corrected chi connectivity index (χ4v) is 4.21. The molecule has 8 heteroatoms. The van der Waals surface area contributed by atoms with Crippen LogP contribution in [0.25, 0.3) is 0 Å². The Labute approximate surface area is 195 Å². The average molecular weight is 452 g/mol. The van der Waals surface area contributed by atoms with Crippen LogP contribution >= 0.6 is 0 Å². The Morgan fingerprint density at radius 1 is 1.03 bits per heavy atom. The zero-order valence-electron chi connectivity index (χ0n) is 19.1. The number of morpholine rings is 2. The summed E-state index contributed by atoms with van der Waals surface area (Å²) in [4.78, 5) is 9.30. The molecule has 5 rings (SSSR count). The van der Waals surface area contributed by atoms with E-state index in [1.54, 1.807) is 0 Å². The number of anilines is 2. The van der Waals surface area contributed by atoms with Gasteiger partial charge in [0.2, 0.25) is 5.88 Å². The molecule has 1 aliphatic carbocycles. The molecule has 2 aliphatic heterocycles. The summed E-state index contributed by atoms with van der Waals surface area (Å²) in [5.41, 5.74) is 6.68. The highest BCUT2D eigenvalue weighted by Crippen LogP contribution is 2.40. The van der Waals surface area contributed by atoms with Crippen LogP contribution in [0.4, 0.5) is 11.5 Å². The van der Waals surface area contributed by atoms with Gasteiger partial charge in [0.15, 0.2) is 5.82 Å². The van der Waals surface area contributed by atoms with Gasteiger partial charge >= 0.3 is 0 Å². The van der Waals surface area contributed by atoms with Gasteiger partial charge in [0.25, 0.3) is 0 Å². The van der Waals surface area contributed by atoms with E-state index in [1.807, 2.05) is 18.3 Å². The van der Waals surface area contributed by atoms with Crippen molar-refractivity contribution in [2.75, 3.05) is 76.1 Å². The lowest BCUT2D eigenvalue weighted by atomic mass is 10.1. The first-order valence-electron chi connectivity index (χ1n) is 12.0. The molecule has 0 bridgehead atoms. The molecule has 2 aromatic rings. The molecule has 0 radical (unpaired) electrons. The van der Waals surface area contributed by atoms with Crippen LogP contribution in [0.5, 0.6) is 5.88 Å². The van der Waals surface area contributed by atoms with Crippen molar-refractivity contribution in [3.8, 4) is 5.88 Å². The van der Waals surface area contributed by atoms with Gasteiger partial charge in [0.1, 0.15) is 6.61 Å². The van der Waals surface area contributed by atoms with Gasteiger partial charge in [0, 0.05) is 50.5 Å². The highest BCUT2D eigenvalue weighted by Gasteiger charge is 2.23. The highest BCUT2D eigenvalue weighted by atomic mass is 16.5. The second-order valence-electron chi connectivity index (χ2n) is 8.77. The largest absolute Gasteiger partial charge is 0.476 e. The van der Waals surface area contributed by atoms with Crippen LogP contribution < -0.4 is 15.1 Å². The first kappa shape index (κ1) is 22.1. The summed E-state index contributed by atoms with van der Waals surface area (Å²) in [6.07, 6.45) is 4.45. The standard InChI is InChI=1S/C25H33N5O3/c1-2-20(16-22(3-1)21-4-5-21)19-26-28-24-17-23(30-9-13-32-14-10-30)18-25(27-24)33-15-8-29-6-11-31-12-7-29/h1-3,16-19,21H,4-15H2,(H,27,28)/b26-19+. The van der Waals surface area contributed by atoms with Crippen molar-refractivity contribution < 1.29 is 14.2 Å². The Morgan fingerprint density at radius 3 is 2.61 bits per heavy atom. The van der Waals surface area contributed by atoms with E-state index in [9.17, 15) is 0 Å². The number of rotatable bonds is 9. The minimum absolute atomic E-state index is 0.593. The zero-order valence-corrected chi connectivity index (χ0v) is 19.1. The second kappa shape index (κ2) is 11.0. The molecule has 33 heavy (non-hydrogen) atoms. The number of aromatic nitrogens is 1. The number of benzene rings is 1. The fraction of sp³-hybridized carbons (Fsp3) is 0.520. The molecule has 1 saturated carbocycles. The van der Waals surface area contributed by atoms with Crippen molar-refractivity contribution >= 4 is 17.7 Å². The van der Waals surface area contributed by atoms with Gasteiger partial charge in [-0.05, 0) is 36.0 Å². The van der Waals surface area contributed by atoms with Crippen LogP contribution in [0.2, 0.25) is 0 Å². The van der Waals surface area contributed by atoms with Crippen LogP contribution in [-0.4, -0.2) is 81.9 Å². The maximum absolute atomic E-state index is 6.05. The molecule has 176 valence electrons. The Morgan fingerprint density at radius 2 is 1.82 bits per heavy atom. The molecule has 0 spiro atoms. The second-order valence-corrected chi connectivity index (χ2v) is 8.77. The number of ether oxygens (including phenoxy) is 3. The first-order chi connectivity index (χ1) is 16.3. The van der Waals surface area contributed by atoms with Gasteiger partial charge in [-0.25, -0.2) is 0 Å². The van der Waals surface area contributed by atoms with Gasteiger partial charge in [-0.2, -0.15) is 10.1 Å². The van der Waals surface area contributed by atoms with Crippen molar-refractivity contribution in [3.63, 3.8) is 0 Å². The minimum Gasteiger partial charge on any atom is -0.476 e. The topological polar surface area (TPSA) is 71.5 Å². The van der Waals surface area contributed by atoms with E-state index < -0.39 is 0 Å². The van der Waals surface area contributed by atoms with Crippen molar-refractivity contribution in [2.24, 2.45) is 5.10 Å². The summed E-state index contributed by atoms with van der Waals surface area (Å²) in [5, 5.41) is 4.46. The van der Waals surface area contributed by atoms with Crippen molar-refractivity contribution in [3.05, 3.63) is 47.5 Å². The minimum atomic E-state index is 0.593. The lowest BCUT2D eigenvalue weighted by Gasteiger charge is -2.29. The maximum atomic E-state index is 6.05. The third-order valence-electron chi connectivity index (χ3n) is 6.28. The van der Waals surface area contributed by atoms with E-state index in [1.165, 1.54) is 18.4 Å². The Kier molecular flexibility index (Phi) is 7.35. The molecule has 3 aliphatic rings. The van der Waals surface area contributed by atoms with E-state index in [0.717, 1.165) is 76.3 Å². The molecule has 3 heterocycles. The summed E-state index contributed by atoms with van der Waals surface area (Å²) >= 11 is 0. The highest BCUT2D eigenvalue weighted by molar-refractivity contribution is 5.80. The van der Waals surface area contributed by atoms with Crippen LogP contribution in [0, 0.1) is 0 Å². The van der Waals surface area contributed by atoms with Crippen LogP contribution in [0.15, 0.2) is 41.5 Å². The predicted octanol–water partition coefficient (Wildman–Crippen LogP) is 2.95. The predicted molar refractivity (Wildman–Crippen MR) is 130 cm³/mol. The Hall–Kier alpha value is -2.68. The molecular weight excluding hydrogens is 418 g/mol. The van der Waals surface area contributed by atoms with Crippen LogP contribution in [0.3, 0.4) is 0 Å². The van der Waals surface area contributed by atoms with E-state index in [0.29, 0.717) is 18.3 Å². The number of hydrogen-bond donors (Lipinski definition) is 1. The number of pyridine rings is 1. The molecule has 2 saturated heterocycles. The van der Waals surface area contributed by atoms with E-state index in [-0.39, 0.29) is 0 Å².